The fraction of sp³-hybridized carbons (Fsp3) is 0.200. The molecule has 0 fully saturated rings. The highest BCUT2D eigenvalue weighted by Gasteiger charge is 2.26. The summed E-state index contributed by atoms with van der Waals surface area (Å²) in [4.78, 5) is 26.7. The Hall–Kier alpha value is -3.19. The molecule has 1 aliphatic rings. The second kappa shape index (κ2) is 8.67. The first kappa shape index (κ1) is 19.6. The van der Waals surface area contributed by atoms with Crippen molar-refractivity contribution < 1.29 is 19.2 Å². The van der Waals surface area contributed by atoms with E-state index in [2.05, 4.69) is 11.9 Å². The molecule has 1 heterocycles. The van der Waals surface area contributed by atoms with Crippen molar-refractivity contribution in [2.45, 2.75) is 19.8 Å². The summed E-state index contributed by atoms with van der Waals surface area (Å²) in [6.07, 6.45) is 3.62. The topological polar surface area (TPSA) is 91.0 Å². The molecule has 0 amide bonds. The molecule has 0 unspecified atom stereocenters. The van der Waals surface area contributed by atoms with Crippen molar-refractivity contribution in [1.82, 2.24) is 0 Å². The quantitative estimate of drug-likeness (QED) is 0.219. The third kappa shape index (κ3) is 4.55. The number of unbranched alkanes of at least 4 members (excludes halogenated alkanes) is 1. The van der Waals surface area contributed by atoms with E-state index >= 15 is 0 Å². The van der Waals surface area contributed by atoms with Gasteiger partial charge in [-0.3, -0.25) is 10.1 Å². The van der Waals surface area contributed by atoms with Crippen LogP contribution in [0.4, 0.5) is 5.69 Å². The third-order valence-corrected chi connectivity index (χ3v) is 4.28. The Balaban J connectivity index is 1.80. The molecule has 0 spiro atoms. The van der Waals surface area contributed by atoms with Crippen LogP contribution in [-0.2, 0) is 9.53 Å². The van der Waals surface area contributed by atoms with Crippen LogP contribution in [0.5, 0.6) is 5.75 Å². The summed E-state index contributed by atoms with van der Waals surface area (Å²) < 4.78 is 10.8. The smallest absolute Gasteiger partial charge is 0.363 e. The molecular formula is C20H17ClN2O5. The first-order chi connectivity index (χ1) is 13.5. The van der Waals surface area contributed by atoms with Gasteiger partial charge in [0.2, 0.25) is 5.90 Å². The van der Waals surface area contributed by atoms with Crippen LogP contribution in [0.1, 0.15) is 30.9 Å². The minimum atomic E-state index is -0.629. The van der Waals surface area contributed by atoms with E-state index in [0.717, 1.165) is 24.2 Å². The van der Waals surface area contributed by atoms with Gasteiger partial charge in [0, 0.05) is 11.6 Å². The lowest BCUT2D eigenvalue weighted by Crippen LogP contribution is -2.06. The van der Waals surface area contributed by atoms with Gasteiger partial charge in [0.15, 0.2) is 5.70 Å². The van der Waals surface area contributed by atoms with Gasteiger partial charge in [-0.1, -0.05) is 37.1 Å². The van der Waals surface area contributed by atoms with Gasteiger partial charge in [0.05, 0.1) is 11.5 Å². The minimum absolute atomic E-state index is 0.00400. The molecule has 0 radical (unpaired) electrons. The zero-order valence-corrected chi connectivity index (χ0v) is 15.8. The van der Waals surface area contributed by atoms with Gasteiger partial charge >= 0.3 is 5.97 Å². The summed E-state index contributed by atoms with van der Waals surface area (Å²) in [5.74, 6) is 0.119. The molecule has 144 valence electrons. The minimum Gasteiger partial charge on any atom is -0.494 e. The number of nitrogens with zero attached hydrogens (tertiary/aromatic N) is 2. The van der Waals surface area contributed by atoms with Gasteiger partial charge in [-0.05, 0) is 42.3 Å². The van der Waals surface area contributed by atoms with Gasteiger partial charge in [0.25, 0.3) is 5.69 Å². The van der Waals surface area contributed by atoms with Crippen LogP contribution in [0.25, 0.3) is 6.08 Å². The summed E-state index contributed by atoms with van der Waals surface area (Å²) in [5, 5.41) is 11.0. The molecule has 2 aromatic rings. The maximum atomic E-state index is 12.1. The fourth-order valence-electron chi connectivity index (χ4n) is 2.47. The monoisotopic (exact) mass is 400 g/mol. The molecule has 0 bridgehead atoms. The van der Waals surface area contributed by atoms with E-state index in [1.165, 1.54) is 18.2 Å². The van der Waals surface area contributed by atoms with Crippen LogP contribution in [-0.4, -0.2) is 23.4 Å². The molecular weight excluding hydrogens is 384 g/mol. The second-order valence-corrected chi connectivity index (χ2v) is 6.44. The number of halogens is 1. The van der Waals surface area contributed by atoms with Crippen molar-refractivity contribution in [1.29, 1.82) is 0 Å². The summed E-state index contributed by atoms with van der Waals surface area (Å²) in [7, 11) is 0. The van der Waals surface area contributed by atoms with E-state index in [9.17, 15) is 14.9 Å². The first-order valence-electron chi connectivity index (χ1n) is 8.67. The highest BCUT2D eigenvalue weighted by atomic mass is 35.5. The number of cyclic esters (lactones) is 1. The Labute approximate surface area is 166 Å². The number of nitro groups is 1. The molecule has 0 N–H and O–H groups in total. The Morgan fingerprint density at radius 3 is 2.68 bits per heavy atom. The molecule has 28 heavy (non-hydrogen) atoms. The van der Waals surface area contributed by atoms with Crippen molar-refractivity contribution in [3.05, 3.63) is 74.4 Å². The molecule has 1 aliphatic heterocycles. The second-order valence-electron chi connectivity index (χ2n) is 6.03. The Bertz CT molecular complexity index is 967. The van der Waals surface area contributed by atoms with E-state index < -0.39 is 10.9 Å². The van der Waals surface area contributed by atoms with E-state index in [4.69, 9.17) is 21.1 Å². The number of nitro benzene ring substituents is 1. The lowest BCUT2D eigenvalue weighted by Gasteiger charge is -2.05. The van der Waals surface area contributed by atoms with Gasteiger partial charge < -0.3 is 9.47 Å². The zero-order chi connectivity index (χ0) is 20.1. The summed E-state index contributed by atoms with van der Waals surface area (Å²) in [6.45, 7) is 2.75. The van der Waals surface area contributed by atoms with Gasteiger partial charge in [-0.25, -0.2) is 9.79 Å². The standard InChI is InChI=1S/C20H17ClN2O5/c1-2-3-10-27-15-7-4-13(5-8-15)11-17-20(24)28-19(22-17)14-6-9-16(21)18(12-14)23(25)26/h4-9,11-12H,2-3,10H2,1H3. The SMILES string of the molecule is CCCCOc1ccc(C=C2N=C(c3ccc(Cl)c([N+](=O)[O-])c3)OC2=O)cc1. The zero-order valence-electron chi connectivity index (χ0n) is 15.1. The van der Waals surface area contributed by atoms with Crippen LogP contribution in [0.3, 0.4) is 0 Å². The molecule has 8 heteroatoms. The van der Waals surface area contributed by atoms with Crippen molar-refractivity contribution in [3.8, 4) is 5.75 Å². The predicted molar refractivity (Wildman–Crippen MR) is 106 cm³/mol. The van der Waals surface area contributed by atoms with Gasteiger partial charge in [-0.2, -0.15) is 0 Å². The highest BCUT2D eigenvalue weighted by molar-refractivity contribution is 6.32. The van der Waals surface area contributed by atoms with Gasteiger partial charge in [-0.15, -0.1) is 0 Å². The molecule has 0 atom stereocenters. The molecule has 0 aliphatic carbocycles. The Morgan fingerprint density at radius 1 is 1.25 bits per heavy atom. The molecule has 7 nitrogen and oxygen atoms in total. The number of carbonyl (C=O) groups is 1. The lowest BCUT2D eigenvalue weighted by atomic mass is 10.2. The summed E-state index contributed by atoms with van der Waals surface area (Å²) in [6, 6.07) is 11.3. The number of rotatable bonds is 7. The normalized spacial score (nSPS) is 14.7. The number of ether oxygens (including phenoxy) is 2. The van der Waals surface area contributed by atoms with Crippen molar-refractivity contribution in [2.24, 2.45) is 4.99 Å². The van der Waals surface area contributed by atoms with E-state index in [1.54, 1.807) is 6.08 Å². The van der Waals surface area contributed by atoms with Crippen LogP contribution in [0.2, 0.25) is 5.02 Å². The van der Waals surface area contributed by atoms with Crippen LogP contribution in [0.15, 0.2) is 53.2 Å². The molecule has 2 aromatic carbocycles. The fourth-order valence-corrected chi connectivity index (χ4v) is 2.66. The number of carbonyl (C=O) groups excluding carboxylic acids is 1. The summed E-state index contributed by atoms with van der Waals surface area (Å²) in [5.41, 5.74) is 0.871. The van der Waals surface area contributed by atoms with Crippen LogP contribution >= 0.6 is 11.6 Å². The lowest BCUT2D eigenvalue weighted by molar-refractivity contribution is -0.384. The van der Waals surface area contributed by atoms with Gasteiger partial charge in [0.1, 0.15) is 10.8 Å². The van der Waals surface area contributed by atoms with Crippen LogP contribution < -0.4 is 4.74 Å². The predicted octanol–water partition coefficient (Wildman–Crippen LogP) is 4.77. The highest BCUT2D eigenvalue weighted by Crippen LogP contribution is 2.27. The largest absolute Gasteiger partial charge is 0.494 e. The maximum Gasteiger partial charge on any atom is 0.363 e. The van der Waals surface area contributed by atoms with Crippen molar-refractivity contribution >= 4 is 35.2 Å². The Morgan fingerprint density at radius 2 is 2.00 bits per heavy atom. The number of esters is 1. The van der Waals surface area contributed by atoms with E-state index in [-0.39, 0.29) is 22.3 Å². The van der Waals surface area contributed by atoms with Crippen molar-refractivity contribution in [3.63, 3.8) is 0 Å². The number of hydrogen-bond acceptors (Lipinski definition) is 6. The van der Waals surface area contributed by atoms with E-state index in [0.29, 0.717) is 12.2 Å². The summed E-state index contributed by atoms with van der Waals surface area (Å²) >= 11 is 5.80. The molecule has 0 aromatic heterocycles. The van der Waals surface area contributed by atoms with E-state index in [1.807, 2.05) is 24.3 Å². The maximum absolute atomic E-state index is 12.1. The average molecular weight is 401 g/mol. The molecule has 0 saturated heterocycles. The Kier molecular flexibility index (Phi) is 6.06. The molecule has 3 rings (SSSR count). The average Bonchev–Trinajstić information content (AvgIpc) is 3.04. The number of benzene rings is 2. The first-order valence-corrected chi connectivity index (χ1v) is 9.05. The van der Waals surface area contributed by atoms with Crippen LogP contribution in [0, 0.1) is 10.1 Å². The number of aliphatic imine (C=N–C) groups is 1. The third-order valence-electron chi connectivity index (χ3n) is 3.96. The number of hydrogen-bond donors (Lipinski definition) is 0. The van der Waals surface area contributed by atoms with Crippen molar-refractivity contribution in [2.75, 3.05) is 6.61 Å². The molecule has 0 saturated carbocycles.